The summed E-state index contributed by atoms with van der Waals surface area (Å²) in [5.74, 6) is 1.79. The van der Waals surface area contributed by atoms with Crippen LogP contribution < -0.4 is 15.4 Å². The Morgan fingerprint density at radius 1 is 1.37 bits per heavy atom. The molecule has 1 unspecified atom stereocenters. The van der Waals surface area contributed by atoms with Gasteiger partial charge in [-0.05, 0) is 57.2 Å². The number of carbonyl (C=O) groups is 1. The molecule has 8 heteroatoms. The van der Waals surface area contributed by atoms with E-state index in [0.29, 0.717) is 6.54 Å². The summed E-state index contributed by atoms with van der Waals surface area (Å²) in [7, 11) is 1.77. The Labute approximate surface area is 197 Å². The van der Waals surface area contributed by atoms with Crippen LogP contribution in [-0.2, 0) is 17.6 Å². The van der Waals surface area contributed by atoms with E-state index in [1.807, 2.05) is 20.8 Å². The van der Waals surface area contributed by atoms with Crippen molar-refractivity contribution in [3.8, 4) is 5.75 Å². The number of halogens is 1. The van der Waals surface area contributed by atoms with Gasteiger partial charge < -0.3 is 25.0 Å². The lowest BCUT2D eigenvalue weighted by molar-refractivity contribution is 0.0193. The number of piperidine rings is 1. The molecule has 1 fully saturated rings. The first-order valence-corrected chi connectivity index (χ1v) is 10.5. The Bertz CT molecular complexity index is 748. The summed E-state index contributed by atoms with van der Waals surface area (Å²) in [4.78, 5) is 18.5. The summed E-state index contributed by atoms with van der Waals surface area (Å²) in [6.45, 7) is 8.62. The zero-order valence-electron chi connectivity index (χ0n) is 18.5. The van der Waals surface area contributed by atoms with Crippen LogP contribution in [0.2, 0.25) is 0 Å². The first-order valence-electron chi connectivity index (χ1n) is 10.5. The van der Waals surface area contributed by atoms with Crippen molar-refractivity contribution in [3.05, 3.63) is 29.3 Å². The van der Waals surface area contributed by atoms with Crippen molar-refractivity contribution in [2.45, 2.75) is 58.1 Å². The van der Waals surface area contributed by atoms with E-state index in [4.69, 9.17) is 9.47 Å². The molecule has 30 heavy (non-hydrogen) atoms. The summed E-state index contributed by atoms with van der Waals surface area (Å²) >= 11 is 0. The second kappa shape index (κ2) is 11.1. The highest BCUT2D eigenvalue weighted by molar-refractivity contribution is 14.0. The van der Waals surface area contributed by atoms with Gasteiger partial charge in [0.1, 0.15) is 11.4 Å². The molecule has 2 N–H and O–H groups in total. The lowest BCUT2D eigenvalue weighted by Gasteiger charge is -2.35. The highest BCUT2D eigenvalue weighted by Gasteiger charge is 2.28. The molecule has 1 atom stereocenters. The summed E-state index contributed by atoms with van der Waals surface area (Å²) < 4.78 is 11.1. The van der Waals surface area contributed by atoms with Crippen LogP contribution in [0.15, 0.2) is 23.2 Å². The quantitative estimate of drug-likeness (QED) is 0.355. The molecule has 7 nitrogen and oxygen atoms in total. The Kier molecular flexibility index (Phi) is 9.06. The molecule has 3 rings (SSSR count). The van der Waals surface area contributed by atoms with Crippen molar-refractivity contribution in [2.24, 2.45) is 4.99 Å². The van der Waals surface area contributed by atoms with Gasteiger partial charge in [0.05, 0.1) is 6.61 Å². The maximum absolute atomic E-state index is 12.3. The Hall–Kier alpha value is -1.71. The number of rotatable bonds is 4. The number of benzene rings is 1. The molecule has 2 aliphatic rings. The largest absolute Gasteiger partial charge is 0.493 e. The van der Waals surface area contributed by atoms with Gasteiger partial charge in [0, 0.05) is 39.1 Å². The number of fused-ring (bicyclic) bond motifs is 1. The van der Waals surface area contributed by atoms with E-state index in [1.165, 1.54) is 11.1 Å². The molecular formula is C22H35IN4O3. The molecule has 1 saturated heterocycles. The Morgan fingerprint density at radius 2 is 2.17 bits per heavy atom. The van der Waals surface area contributed by atoms with Gasteiger partial charge >= 0.3 is 6.09 Å². The van der Waals surface area contributed by atoms with Gasteiger partial charge in [-0.3, -0.25) is 4.99 Å². The predicted molar refractivity (Wildman–Crippen MR) is 130 cm³/mol. The van der Waals surface area contributed by atoms with Crippen LogP contribution in [0, 0.1) is 0 Å². The number of nitrogens with one attached hydrogen (secondary N) is 2. The number of likely N-dealkylation sites (tertiary alicyclic amines) is 1. The minimum atomic E-state index is -0.473. The number of amides is 1. The number of carbonyl (C=O) groups excluding carboxylic acids is 1. The van der Waals surface area contributed by atoms with Crippen molar-refractivity contribution >= 4 is 36.0 Å². The second-order valence-corrected chi connectivity index (χ2v) is 8.70. The van der Waals surface area contributed by atoms with Crippen LogP contribution in [0.5, 0.6) is 5.75 Å². The molecule has 0 saturated carbocycles. The first-order chi connectivity index (χ1) is 13.8. The van der Waals surface area contributed by atoms with Crippen LogP contribution in [0.25, 0.3) is 0 Å². The summed E-state index contributed by atoms with van der Waals surface area (Å²) in [6.07, 6.45) is 3.63. The highest BCUT2D eigenvalue weighted by atomic mass is 127. The van der Waals surface area contributed by atoms with Crippen LogP contribution in [0.3, 0.4) is 0 Å². The second-order valence-electron chi connectivity index (χ2n) is 8.70. The van der Waals surface area contributed by atoms with E-state index < -0.39 is 5.60 Å². The van der Waals surface area contributed by atoms with Gasteiger partial charge in [-0.1, -0.05) is 12.1 Å². The van der Waals surface area contributed by atoms with Crippen LogP contribution in [-0.4, -0.2) is 61.9 Å². The van der Waals surface area contributed by atoms with Crippen molar-refractivity contribution in [3.63, 3.8) is 0 Å². The number of hydrogen-bond donors (Lipinski definition) is 2. The maximum atomic E-state index is 12.3. The van der Waals surface area contributed by atoms with E-state index in [9.17, 15) is 4.79 Å². The third-order valence-electron chi connectivity index (χ3n) is 5.10. The first kappa shape index (κ1) is 24.6. The molecule has 168 valence electrons. The minimum Gasteiger partial charge on any atom is -0.493 e. The van der Waals surface area contributed by atoms with E-state index >= 15 is 0 Å². The third kappa shape index (κ3) is 7.21. The van der Waals surface area contributed by atoms with Gasteiger partial charge in [-0.2, -0.15) is 0 Å². The van der Waals surface area contributed by atoms with Crippen LogP contribution in [0.1, 0.15) is 44.7 Å². The van der Waals surface area contributed by atoms with Gasteiger partial charge in [0.15, 0.2) is 5.96 Å². The molecule has 1 aromatic rings. The van der Waals surface area contributed by atoms with Crippen LogP contribution >= 0.6 is 24.0 Å². The number of nitrogens with zero attached hydrogens (tertiary/aromatic N) is 2. The van der Waals surface area contributed by atoms with Crippen molar-refractivity contribution < 1.29 is 14.3 Å². The topological polar surface area (TPSA) is 75.2 Å². The van der Waals surface area contributed by atoms with Gasteiger partial charge in [-0.15, -0.1) is 24.0 Å². The monoisotopic (exact) mass is 530 g/mol. The average Bonchev–Trinajstić information content (AvgIpc) is 3.14. The highest BCUT2D eigenvalue weighted by Crippen LogP contribution is 2.25. The molecule has 1 amide bonds. The van der Waals surface area contributed by atoms with Crippen LogP contribution in [0.4, 0.5) is 4.79 Å². The van der Waals surface area contributed by atoms with Crippen molar-refractivity contribution in [1.82, 2.24) is 15.5 Å². The molecule has 0 spiro atoms. The maximum Gasteiger partial charge on any atom is 0.410 e. The van der Waals surface area contributed by atoms with Gasteiger partial charge in [0.25, 0.3) is 0 Å². The Balaban J connectivity index is 0.00000320. The molecule has 1 aromatic carbocycles. The lowest BCUT2D eigenvalue weighted by Crippen LogP contribution is -2.53. The summed E-state index contributed by atoms with van der Waals surface area (Å²) in [6, 6.07) is 6.60. The summed E-state index contributed by atoms with van der Waals surface area (Å²) in [5.41, 5.74) is 2.12. The fourth-order valence-electron chi connectivity index (χ4n) is 3.70. The molecular weight excluding hydrogens is 495 g/mol. The van der Waals surface area contributed by atoms with Gasteiger partial charge in [0.2, 0.25) is 0 Å². The number of hydrogen-bond acceptors (Lipinski definition) is 4. The Morgan fingerprint density at radius 3 is 2.90 bits per heavy atom. The smallest absolute Gasteiger partial charge is 0.410 e. The fourth-order valence-corrected chi connectivity index (χ4v) is 3.70. The molecule has 2 heterocycles. The van der Waals surface area contributed by atoms with Crippen molar-refractivity contribution in [2.75, 3.05) is 33.3 Å². The number of aliphatic imine (C=N–C) groups is 1. The molecule has 0 radical (unpaired) electrons. The fraction of sp³-hybridized carbons (Fsp3) is 0.636. The summed E-state index contributed by atoms with van der Waals surface area (Å²) in [5, 5.41) is 6.84. The van der Waals surface area contributed by atoms with Gasteiger partial charge in [-0.25, -0.2) is 4.79 Å². The molecule has 0 aliphatic carbocycles. The predicted octanol–water partition coefficient (Wildman–Crippen LogP) is 3.35. The zero-order valence-corrected chi connectivity index (χ0v) is 20.8. The standard InChI is InChI=1S/C22H34N4O3.HI/c1-22(2,3)29-21(27)26-12-5-6-18(15-26)25-20(23-4)24-11-9-16-7-8-19-17(14-16)10-13-28-19;/h7-8,14,18H,5-6,9-13,15H2,1-4H3,(H2,23,24,25);1H. The van der Waals surface area contributed by atoms with Crippen molar-refractivity contribution in [1.29, 1.82) is 0 Å². The third-order valence-corrected chi connectivity index (χ3v) is 5.10. The number of guanidine groups is 1. The molecule has 0 aromatic heterocycles. The average molecular weight is 530 g/mol. The SMILES string of the molecule is CN=C(NCCc1ccc2c(c1)CCO2)NC1CCCN(C(=O)OC(C)(C)C)C1.I. The lowest BCUT2D eigenvalue weighted by atomic mass is 10.1. The van der Waals surface area contributed by atoms with E-state index in [0.717, 1.165) is 57.1 Å². The molecule has 0 bridgehead atoms. The van der Waals surface area contributed by atoms with E-state index in [2.05, 4.69) is 33.8 Å². The zero-order chi connectivity index (χ0) is 20.9. The van der Waals surface area contributed by atoms with E-state index in [1.54, 1.807) is 11.9 Å². The molecule has 2 aliphatic heterocycles. The normalized spacial score (nSPS) is 18.7. The van der Waals surface area contributed by atoms with E-state index in [-0.39, 0.29) is 36.1 Å². The minimum absolute atomic E-state index is 0. The number of ether oxygens (including phenoxy) is 2.